The van der Waals surface area contributed by atoms with E-state index in [0.717, 1.165) is 0 Å². The first-order valence-corrected chi connectivity index (χ1v) is 7.55. The lowest BCUT2D eigenvalue weighted by Crippen LogP contribution is -2.55. The SMILES string of the molecule is CC(C)(C#N)N1CCN(C(=O)c2cccc(F)c2Br)CC1. The zero-order valence-corrected chi connectivity index (χ0v) is 13.7. The zero-order valence-electron chi connectivity index (χ0n) is 12.1. The zero-order chi connectivity index (χ0) is 15.6. The van der Waals surface area contributed by atoms with Crippen molar-refractivity contribution in [2.24, 2.45) is 0 Å². The van der Waals surface area contributed by atoms with Gasteiger partial charge in [-0.05, 0) is 41.9 Å². The maximum Gasteiger partial charge on any atom is 0.255 e. The van der Waals surface area contributed by atoms with Gasteiger partial charge in [0, 0.05) is 26.2 Å². The van der Waals surface area contributed by atoms with Gasteiger partial charge >= 0.3 is 0 Å². The normalized spacial score (nSPS) is 16.6. The molecule has 4 nitrogen and oxygen atoms in total. The topological polar surface area (TPSA) is 47.3 Å². The van der Waals surface area contributed by atoms with E-state index in [4.69, 9.17) is 5.26 Å². The van der Waals surface area contributed by atoms with Crippen molar-refractivity contribution in [3.63, 3.8) is 0 Å². The number of rotatable bonds is 2. The van der Waals surface area contributed by atoms with E-state index >= 15 is 0 Å². The number of nitrogens with zero attached hydrogens (tertiary/aromatic N) is 3. The Labute approximate surface area is 132 Å². The molecule has 112 valence electrons. The summed E-state index contributed by atoms with van der Waals surface area (Å²) in [5.41, 5.74) is -0.197. The third kappa shape index (κ3) is 3.25. The van der Waals surface area contributed by atoms with Crippen LogP contribution in [-0.4, -0.2) is 47.4 Å². The van der Waals surface area contributed by atoms with Crippen LogP contribution in [-0.2, 0) is 0 Å². The molecular weight excluding hydrogens is 337 g/mol. The Morgan fingerprint density at radius 2 is 1.95 bits per heavy atom. The number of piperazine rings is 1. The van der Waals surface area contributed by atoms with Gasteiger partial charge < -0.3 is 4.90 Å². The summed E-state index contributed by atoms with van der Waals surface area (Å²) in [7, 11) is 0. The van der Waals surface area contributed by atoms with Crippen LogP contribution in [0.3, 0.4) is 0 Å². The van der Waals surface area contributed by atoms with Crippen LogP contribution in [0.4, 0.5) is 4.39 Å². The minimum absolute atomic E-state index is 0.184. The lowest BCUT2D eigenvalue weighted by Gasteiger charge is -2.40. The van der Waals surface area contributed by atoms with Gasteiger partial charge in [0.05, 0.1) is 16.1 Å². The molecule has 1 aromatic carbocycles. The van der Waals surface area contributed by atoms with Crippen LogP contribution in [0.5, 0.6) is 0 Å². The first kappa shape index (κ1) is 15.9. The Morgan fingerprint density at radius 3 is 2.52 bits per heavy atom. The molecule has 0 N–H and O–H groups in total. The lowest BCUT2D eigenvalue weighted by atomic mass is 10.0. The molecule has 0 spiro atoms. The summed E-state index contributed by atoms with van der Waals surface area (Å²) in [6.45, 7) is 6.08. The summed E-state index contributed by atoms with van der Waals surface area (Å²) in [4.78, 5) is 16.2. The van der Waals surface area contributed by atoms with Crippen LogP contribution in [0, 0.1) is 17.1 Å². The van der Waals surface area contributed by atoms with Crippen LogP contribution < -0.4 is 0 Å². The molecule has 0 unspecified atom stereocenters. The Bertz CT molecular complexity index is 589. The predicted octanol–water partition coefficient (Wildman–Crippen LogP) is 2.65. The molecule has 0 atom stereocenters. The quantitative estimate of drug-likeness (QED) is 0.820. The van der Waals surface area contributed by atoms with E-state index in [1.807, 2.05) is 13.8 Å². The molecular formula is C15H17BrFN3O. The first-order chi connectivity index (χ1) is 9.86. The third-order valence-corrected chi connectivity index (χ3v) is 4.62. The fourth-order valence-corrected chi connectivity index (χ4v) is 2.81. The number of nitriles is 1. The second-order valence-electron chi connectivity index (χ2n) is 5.55. The summed E-state index contributed by atoms with van der Waals surface area (Å²) in [6.07, 6.45) is 0. The van der Waals surface area contributed by atoms with Crippen molar-refractivity contribution in [3.8, 4) is 6.07 Å². The second kappa shape index (κ2) is 6.12. The highest BCUT2D eigenvalue weighted by atomic mass is 79.9. The molecule has 0 bridgehead atoms. The molecule has 6 heteroatoms. The average Bonchev–Trinajstić information content (AvgIpc) is 2.49. The van der Waals surface area contributed by atoms with Gasteiger partial charge in [-0.15, -0.1) is 0 Å². The maximum atomic E-state index is 13.5. The highest BCUT2D eigenvalue weighted by molar-refractivity contribution is 9.10. The molecule has 0 aliphatic carbocycles. The number of hydrogen-bond donors (Lipinski definition) is 0. The Hall–Kier alpha value is -1.45. The lowest BCUT2D eigenvalue weighted by molar-refractivity contribution is 0.0519. The van der Waals surface area contributed by atoms with Crippen LogP contribution in [0.2, 0.25) is 0 Å². The van der Waals surface area contributed by atoms with E-state index in [2.05, 4.69) is 26.9 Å². The third-order valence-electron chi connectivity index (χ3n) is 3.81. The molecule has 0 saturated carbocycles. The summed E-state index contributed by atoms with van der Waals surface area (Å²) in [6, 6.07) is 6.72. The van der Waals surface area contributed by atoms with Gasteiger partial charge in [-0.25, -0.2) is 4.39 Å². The number of halogens is 2. The monoisotopic (exact) mass is 353 g/mol. The Morgan fingerprint density at radius 1 is 1.33 bits per heavy atom. The minimum Gasteiger partial charge on any atom is -0.336 e. The van der Waals surface area contributed by atoms with E-state index < -0.39 is 11.4 Å². The van der Waals surface area contributed by atoms with Gasteiger partial charge in [-0.2, -0.15) is 5.26 Å². The molecule has 1 amide bonds. The molecule has 21 heavy (non-hydrogen) atoms. The number of carbonyl (C=O) groups excluding carboxylic acids is 1. The Balaban J connectivity index is 2.08. The first-order valence-electron chi connectivity index (χ1n) is 6.76. The Kier molecular flexibility index (Phi) is 4.64. The van der Waals surface area contributed by atoms with E-state index in [1.165, 1.54) is 12.1 Å². The molecule has 2 rings (SSSR count). The van der Waals surface area contributed by atoms with Crippen molar-refractivity contribution >= 4 is 21.8 Å². The standard InChI is InChI=1S/C15H17BrFN3O/c1-15(2,10-18)20-8-6-19(7-9-20)14(21)11-4-3-5-12(17)13(11)16/h3-5H,6-9H2,1-2H3. The maximum absolute atomic E-state index is 13.5. The minimum atomic E-state index is -0.533. The van der Waals surface area contributed by atoms with Crippen LogP contribution in [0.15, 0.2) is 22.7 Å². The largest absolute Gasteiger partial charge is 0.336 e. The number of benzene rings is 1. The number of carbonyl (C=O) groups is 1. The van der Waals surface area contributed by atoms with Gasteiger partial charge in [-0.3, -0.25) is 9.69 Å². The van der Waals surface area contributed by atoms with Crippen molar-refractivity contribution in [2.45, 2.75) is 19.4 Å². The molecule has 1 saturated heterocycles. The number of hydrogen-bond acceptors (Lipinski definition) is 3. The van der Waals surface area contributed by atoms with Gasteiger partial charge in [0.15, 0.2) is 0 Å². The summed E-state index contributed by atoms with van der Waals surface area (Å²) in [5, 5.41) is 9.15. The smallest absolute Gasteiger partial charge is 0.255 e. The molecule has 0 radical (unpaired) electrons. The van der Waals surface area contributed by atoms with Crippen molar-refractivity contribution in [1.82, 2.24) is 9.80 Å². The molecule has 1 fully saturated rings. The van der Waals surface area contributed by atoms with Crippen molar-refractivity contribution in [1.29, 1.82) is 5.26 Å². The molecule has 0 aromatic heterocycles. The van der Waals surface area contributed by atoms with Crippen molar-refractivity contribution in [2.75, 3.05) is 26.2 Å². The molecule has 1 aliphatic rings. The van der Waals surface area contributed by atoms with E-state index in [-0.39, 0.29) is 10.4 Å². The van der Waals surface area contributed by atoms with E-state index in [0.29, 0.717) is 31.7 Å². The summed E-state index contributed by atoms with van der Waals surface area (Å²) >= 11 is 3.13. The highest BCUT2D eigenvalue weighted by Gasteiger charge is 2.31. The predicted molar refractivity (Wildman–Crippen MR) is 81.3 cm³/mol. The van der Waals surface area contributed by atoms with E-state index in [1.54, 1.807) is 11.0 Å². The van der Waals surface area contributed by atoms with Gasteiger partial charge in [-0.1, -0.05) is 6.07 Å². The number of amides is 1. The molecule has 1 aliphatic heterocycles. The van der Waals surface area contributed by atoms with Crippen LogP contribution in [0.25, 0.3) is 0 Å². The average molecular weight is 354 g/mol. The van der Waals surface area contributed by atoms with Crippen LogP contribution in [0.1, 0.15) is 24.2 Å². The summed E-state index contributed by atoms with van der Waals surface area (Å²) < 4.78 is 13.7. The fourth-order valence-electron chi connectivity index (χ4n) is 2.38. The second-order valence-corrected chi connectivity index (χ2v) is 6.34. The van der Waals surface area contributed by atoms with Crippen molar-refractivity contribution < 1.29 is 9.18 Å². The highest BCUT2D eigenvalue weighted by Crippen LogP contribution is 2.23. The van der Waals surface area contributed by atoms with Gasteiger partial charge in [0.2, 0.25) is 0 Å². The van der Waals surface area contributed by atoms with Crippen LogP contribution >= 0.6 is 15.9 Å². The fraction of sp³-hybridized carbons (Fsp3) is 0.467. The van der Waals surface area contributed by atoms with Gasteiger partial charge in [0.25, 0.3) is 5.91 Å². The summed E-state index contributed by atoms with van der Waals surface area (Å²) in [5.74, 6) is -0.624. The van der Waals surface area contributed by atoms with E-state index in [9.17, 15) is 9.18 Å². The molecule has 1 aromatic rings. The van der Waals surface area contributed by atoms with Crippen molar-refractivity contribution in [3.05, 3.63) is 34.1 Å². The van der Waals surface area contributed by atoms with Gasteiger partial charge in [0.1, 0.15) is 11.4 Å². The molecule has 1 heterocycles.